The lowest BCUT2D eigenvalue weighted by Gasteiger charge is -2.34. The van der Waals surface area contributed by atoms with Crippen LogP contribution in [0.4, 0.5) is 5.69 Å². The third-order valence-corrected chi connectivity index (χ3v) is 6.95. The number of amides is 1. The average Bonchev–Trinajstić information content (AvgIpc) is 3.17. The van der Waals surface area contributed by atoms with Gasteiger partial charge >= 0.3 is 0 Å². The zero-order valence-corrected chi connectivity index (χ0v) is 18.0. The molecular weight excluding hydrogens is 432 g/mol. The van der Waals surface area contributed by atoms with Crippen LogP contribution in [-0.4, -0.2) is 50.7 Å². The van der Waals surface area contributed by atoms with Gasteiger partial charge in [-0.05, 0) is 50.2 Å². The minimum Gasteiger partial charge on any atom is -0.454 e. The van der Waals surface area contributed by atoms with Gasteiger partial charge in [-0.3, -0.25) is 4.79 Å². The lowest BCUT2D eigenvalue weighted by molar-refractivity contribution is -0.0440. The fourth-order valence-corrected chi connectivity index (χ4v) is 5.34. The predicted octanol–water partition coefficient (Wildman–Crippen LogP) is 3.12. The normalized spacial score (nSPS) is 21.4. The molecule has 2 aromatic carbocycles. The number of carbonyl (C=O) groups is 1. The number of hydrogen-bond acceptors (Lipinski definition) is 6. The van der Waals surface area contributed by atoms with Gasteiger partial charge in [-0.15, -0.1) is 0 Å². The van der Waals surface area contributed by atoms with Crippen LogP contribution in [0.2, 0.25) is 5.02 Å². The number of rotatable bonds is 4. The number of morpholine rings is 1. The van der Waals surface area contributed by atoms with Crippen LogP contribution in [0.1, 0.15) is 24.2 Å². The molecule has 10 heteroatoms. The third kappa shape index (κ3) is 4.11. The van der Waals surface area contributed by atoms with Gasteiger partial charge in [-0.2, -0.15) is 4.31 Å². The molecule has 8 nitrogen and oxygen atoms in total. The maximum Gasteiger partial charge on any atom is 0.255 e. The van der Waals surface area contributed by atoms with Gasteiger partial charge in [0.1, 0.15) is 0 Å². The zero-order chi connectivity index (χ0) is 21.5. The van der Waals surface area contributed by atoms with Gasteiger partial charge in [0.25, 0.3) is 5.91 Å². The maximum absolute atomic E-state index is 12.9. The summed E-state index contributed by atoms with van der Waals surface area (Å²) in [6, 6.07) is 9.08. The number of hydrogen-bond donors (Lipinski definition) is 1. The molecule has 1 N–H and O–H groups in total. The van der Waals surface area contributed by atoms with E-state index >= 15 is 0 Å². The molecule has 2 atom stereocenters. The predicted molar refractivity (Wildman–Crippen MR) is 111 cm³/mol. The first-order valence-electron chi connectivity index (χ1n) is 9.40. The Labute approximate surface area is 179 Å². The van der Waals surface area contributed by atoms with Crippen molar-refractivity contribution in [1.29, 1.82) is 0 Å². The van der Waals surface area contributed by atoms with E-state index in [1.165, 1.54) is 22.5 Å². The van der Waals surface area contributed by atoms with Crippen molar-refractivity contribution >= 4 is 33.2 Å². The van der Waals surface area contributed by atoms with E-state index in [4.69, 9.17) is 25.8 Å². The van der Waals surface area contributed by atoms with Crippen molar-refractivity contribution in [2.45, 2.75) is 31.0 Å². The number of nitrogens with one attached hydrogen (secondary N) is 1. The number of sulfonamides is 1. The lowest BCUT2D eigenvalue weighted by Crippen LogP contribution is -2.48. The van der Waals surface area contributed by atoms with E-state index in [1.807, 2.05) is 13.8 Å². The fraction of sp³-hybridized carbons (Fsp3) is 0.350. The van der Waals surface area contributed by atoms with Crippen LogP contribution in [0.25, 0.3) is 0 Å². The van der Waals surface area contributed by atoms with Crippen molar-refractivity contribution in [3.05, 3.63) is 47.0 Å². The second kappa shape index (κ2) is 8.07. The second-order valence-electron chi connectivity index (χ2n) is 7.25. The first-order chi connectivity index (χ1) is 14.2. The van der Waals surface area contributed by atoms with Gasteiger partial charge < -0.3 is 19.5 Å². The van der Waals surface area contributed by atoms with E-state index in [2.05, 4.69) is 5.32 Å². The first-order valence-corrected chi connectivity index (χ1v) is 11.2. The summed E-state index contributed by atoms with van der Waals surface area (Å²) in [6.45, 7) is 4.35. The summed E-state index contributed by atoms with van der Waals surface area (Å²) in [6.07, 6.45) is -0.341. The Morgan fingerprint density at radius 1 is 1.10 bits per heavy atom. The van der Waals surface area contributed by atoms with Crippen molar-refractivity contribution in [2.24, 2.45) is 0 Å². The molecule has 0 aliphatic carbocycles. The summed E-state index contributed by atoms with van der Waals surface area (Å²) in [5.41, 5.74) is 0.758. The lowest BCUT2D eigenvalue weighted by atomic mass is 10.2. The molecule has 2 aliphatic heterocycles. The van der Waals surface area contributed by atoms with E-state index in [1.54, 1.807) is 18.2 Å². The van der Waals surface area contributed by atoms with Crippen LogP contribution in [0.5, 0.6) is 11.5 Å². The molecule has 1 fully saturated rings. The van der Waals surface area contributed by atoms with Crippen molar-refractivity contribution in [1.82, 2.24) is 4.31 Å². The molecule has 2 heterocycles. The Hall–Kier alpha value is -2.33. The summed E-state index contributed by atoms with van der Waals surface area (Å²) in [4.78, 5) is 12.7. The zero-order valence-electron chi connectivity index (χ0n) is 16.4. The molecule has 160 valence electrons. The Morgan fingerprint density at radius 2 is 1.77 bits per heavy atom. The highest BCUT2D eigenvalue weighted by atomic mass is 35.5. The first kappa shape index (κ1) is 20.9. The van der Waals surface area contributed by atoms with Crippen molar-refractivity contribution in [3.8, 4) is 11.5 Å². The molecule has 0 bridgehead atoms. The minimum atomic E-state index is -3.64. The van der Waals surface area contributed by atoms with Gasteiger partial charge in [0, 0.05) is 24.3 Å². The topological polar surface area (TPSA) is 94.2 Å². The summed E-state index contributed by atoms with van der Waals surface area (Å²) >= 11 is 6.12. The summed E-state index contributed by atoms with van der Waals surface area (Å²) < 4.78 is 43.4. The monoisotopic (exact) mass is 452 g/mol. The maximum atomic E-state index is 12.9. The van der Waals surface area contributed by atoms with Crippen molar-refractivity contribution < 1.29 is 27.4 Å². The average molecular weight is 453 g/mol. The van der Waals surface area contributed by atoms with E-state index in [-0.39, 0.29) is 28.9 Å². The van der Waals surface area contributed by atoms with E-state index in [0.29, 0.717) is 35.8 Å². The third-order valence-electron chi connectivity index (χ3n) is 4.83. The molecule has 2 aromatic rings. The van der Waals surface area contributed by atoms with Crippen LogP contribution in [0, 0.1) is 0 Å². The second-order valence-corrected chi connectivity index (χ2v) is 9.59. The van der Waals surface area contributed by atoms with Crippen LogP contribution >= 0.6 is 11.6 Å². The Balaban J connectivity index is 1.49. The fourth-order valence-electron chi connectivity index (χ4n) is 3.49. The molecule has 4 rings (SSSR count). The summed E-state index contributed by atoms with van der Waals surface area (Å²) in [5.74, 6) is 0.416. The molecule has 0 radical (unpaired) electrons. The van der Waals surface area contributed by atoms with Gasteiger partial charge in [-0.25, -0.2) is 8.42 Å². The summed E-state index contributed by atoms with van der Waals surface area (Å²) in [5, 5.41) is 3.01. The molecule has 0 aromatic heterocycles. The van der Waals surface area contributed by atoms with E-state index in [0.717, 1.165) is 0 Å². The van der Waals surface area contributed by atoms with Crippen LogP contribution in [-0.2, 0) is 14.8 Å². The SMILES string of the molecule is C[C@@H]1CN(S(=O)(=O)c2ccc(NC(=O)c3cc(Cl)c4c(c3)OCO4)cc2)C[C@H](C)O1. The van der Waals surface area contributed by atoms with Crippen LogP contribution in [0.15, 0.2) is 41.3 Å². The molecule has 0 unspecified atom stereocenters. The summed E-state index contributed by atoms with van der Waals surface area (Å²) in [7, 11) is -3.64. The highest BCUT2D eigenvalue weighted by Gasteiger charge is 2.32. The minimum absolute atomic E-state index is 0.0523. The smallest absolute Gasteiger partial charge is 0.255 e. The quantitative estimate of drug-likeness (QED) is 0.766. The van der Waals surface area contributed by atoms with Gasteiger partial charge in [0.05, 0.1) is 22.1 Å². The molecule has 1 amide bonds. The number of ether oxygens (including phenoxy) is 3. The largest absolute Gasteiger partial charge is 0.454 e. The molecule has 2 aliphatic rings. The highest BCUT2D eigenvalue weighted by Crippen LogP contribution is 2.39. The standard InChI is InChI=1S/C20H21ClN2O6S/c1-12-9-23(10-13(2)29-12)30(25,26)16-5-3-15(4-6-16)22-20(24)14-7-17(21)19-18(8-14)27-11-28-19/h3-8,12-13H,9-11H2,1-2H3,(H,22,24)/t12-,13+. The number of nitrogens with zero attached hydrogens (tertiary/aromatic N) is 1. The molecule has 1 saturated heterocycles. The molecule has 0 spiro atoms. The van der Waals surface area contributed by atoms with Gasteiger partial charge in [-0.1, -0.05) is 11.6 Å². The number of halogens is 1. The van der Waals surface area contributed by atoms with E-state index < -0.39 is 15.9 Å². The number of anilines is 1. The molecule has 30 heavy (non-hydrogen) atoms. The Bertz CT molecular complexity index is 1060. The van der Waals surface area contributed by atoms with Gasteiger partial charge in [0.2, 0.25) is 16.8 Å². The van der Waals surface area contributed by atoms with Gasteiger partial charge in [0.15, 0.2) is 11.5 Å². The highest BCUT2D eigenvalue weighted by molar-refractivity contribution is 7.89. The van der Waals surface area contributed by atoms with Crippen molar-refractivity contribution in [2.75, 3.05) is 25.2 Å². The number of fused-ring (bicyclic) bond motifs is 1. The van der Waals surface area contributed by atoms with Crippen LogP contribution in [0.3, 0.4) is 0 Å². The molecular formula is C20H21ClN2O6S. The Morgan fingerprint density at radius 3 is 2.43 bits per heavy atom. The van der Waals surface area contributed by atoms with Crippen LogP contribution < -0.4 is 14.8 Å². The van der Waals surface area contributed by atoms with Crippen molar-refractivity contribution in [3.63, 3.8) is 0 Å². The number of benzene rings is 2. The Kier molecular flexibility index (Phi) is 5.63. The van der Waals surface area contributed by atoms with E-state index in [9.17, 15) is 13.2 Å². The molecule has 0 saturated carbocycles. The number of carbonyl (C=O) groups excluding carboxylic acids is 1.